The maximum atomic E-state index is 13.2. The van der Waals surface area contributed by atoms with Gasteiger partial charge in [0, 0.05) is 18.5 Å². The van der Waals surface area contributed by atoms with Gasteiger partial charge in [-0.15, -0.1) is 0 Å². The fourth-order valence-electron chi connectivity index (χ4n) is 4.03. The Morgan fingerprint density at radius 3 is 2.32 bits per heavy atom. The lowest BCUT2D eigenvalue weighted by Gasteiger charge is -2.36. The van der Waals surface area contributed by atoms with E-state index in [1.807, 2.05) is 17.0 Å². The van der Waals surface area contributed by atoms with Gasteiger partial charge in [-0.05, 0) is 59.7 Å². The zero-order valence-electron chi connectivity index (χ0n) is 17.2. The molecule has 0 radical (unpaired) electrons. The number of rotatable bonds is 1. The monoisotopic (exact) mass is 379 g/mol. The maximum Gasteiger partial charge on any atom is 0.254 e. The summed E-state index contributed by atoms with van der Waals surface area (Å²) >= 11 is 0. The van der Waals surface area contributed by atoms with Crippen LogP contribution in [-0.2, 0) is 11.8 Å². The fraction of sp³-hybridized carbons (Fsp3) is 0.458. The molecular weight excluding hydrogens is 350 g/mol. The van der Waals surface area contributed by atoms with Crippen LogP contribution in [0.5, 0.6) is 11.5 Å². The second kappa shape index (κ2) is 7.16. The van der Waals surface area contributed by atoms with Crippen LogP contribution >= 0.6 is 0 Å². The van der Waals surface area contributed by atoms with E-state index in [9.17, 15) is 4.79 Å². The van der Waals surface area contributed by atoms with Crippen molar-refractivity contribution in [2.24, 2.45) is 0 Å². The minimum Gasteiger partial charge on any atom is -0.490 e. The van der Waals surface area contributed by atoms with Gasteiger partial charge in [-0.25, -0.2) is 0 Å². The number of fused-ring (bicyclic) bond motifs is 2. The second-order valence-corrected chi connectivity index (χ2v) is 8.80. The molecule has 0 aliphatic carbocycles. The number of benzene rings is 2. The lowest BCUT2D eigenvalue weighted by Crippen LogP contribution is -2.38. The molecule has 4 rings (SSSR count). The Kier molecular flexibility index (Phi) is 4.82. The van der Waals surface area contributed by atoms with Crippen molar-refractivity contribution in [1.82, 2.24) is 4.90 Å². The molecule has 28 heavy (non-hydrogen) atoms. The fourth-order valence-corrected chi connectivity index (χ4v) is 4.03. The molecule has 0 bridgehead atoms. The Balaban J connectivity index is 1.59. The smallest absolute Gasteiger partial charge is 0.254 e. The number of nitrogens with zero attached hydrogens (tertiary/aromatic N) is 1. The Hall–Kier alpha value is -2.49. The van der Waals surface area contributed by atoms with Gasteiger partial charge in [0.15, 0.2) is 11.5 Å². The normalized spacial score (nSPS) is 19.0. The third-order valence-corrected chi connectivity index (χ3v) is 5.81. The molecule has 4 heteroatoms. The molecule has 2 aromatic rings. The largest absolute Gasteiger partial charge is 0.490 e. The number of amides is 1. The van der Waals surface area contributed by atoms with Crippen molar-refractivity contribution in [2.45, 2.75) is 52.0 Å². The predicted molar refractivity (Wildman–Crippen MR) is 110 cm³/mol. The van der Waals surface area contributed by atoms with E-state index in [1.165, 1.54) is 11.1 Å². The molecule has 148 valence electrons. The van der Waals surface area contributed by atoms with E-state index in [2.05, 4.69) is 52.0 Å². The summed E-state index contributed by atoms with van der Waals surface area (Å²) < 4.78 is 11.7. The van der Waals surface area contributed by atoms with E-state index in [0.29, 0.717) is 19.8 Å². The van der Waals surface area contributed by atoms with Crippen LogP contribution < -0.4 is 9.47 Å². The maximum absolute atomic E-state index is 13.2. The zero-order chi connectivity index (χ0) is 19.9. The van der Waals surface area contributed by atoms with Gasteiger partial charge in [-0.1, -0.05) is 32.9 Å². The number of hydrogen-bond donors (Lipinski definition) is 0. The second-order valence-electron chi connectivity index (χ2n) is 8.80. The Labute approximate surface area is 167 Å². The SMILES string of the molecule is C[C@@H]1c2cc3c(cc2CCN1C(=O)c1ccc(C(C)(C)C)cc1)OCCCO3. The predicted octanol–water partition coefficient (Wildman–Crippen LogP) is 4.90. The minimum absolute atomic E-state index is 0.00990. The van der Waals surface area contributed by atoms with Crippen LogP contribution in [0.3, 0.4) is 0 Å². The van der Waals surface area contributed by atoms with E-state index in [4.69, 9.17) is 9.47 Å². The van der Waals surface area contributed by atoms with Gasteiger partial charge >= 0.3 is 0 Å². The molecule has 0 saturated carbocycles. The molecule has 2 aliphatic rings. The van der Waals surface area contributed by atoms with Crippen molar-refractivity contribution in [2.75, 3.05) is 19.8 Å². The summed E-state index contributed by atoms with van der Waals surface area (Å²) in [5, 5.41) is 0. The quantitative estimate of drug-likeness (QED) is 0.707. The molecule has 0 N–H and O–H groups in total. The summed E-state index contributed by atoms with van der Waals surface area (Å²) in [6.07, 6.45) is 1.73. The first kappa shape index (κ1) is 18.9. The molecule has 4 nitrogen and oxygen atoms in total. The number of ether oxygens (including phenoxy) is 2. The number of carbonyl (C=O) groups excluding carboxylic acids is 1. The van der Waals surface area contributed by atoms with Crippen LogP contribution in [0.15, 0.2) is 36.4 Å². The Morgan fingerprint density at radius 2 is 1.68 bits per heavy atom. The Bertz CT molecular complexity index is 880. The van der Waals surface area contributed by atoms with Gasteiger partial charge in [0.25, 0.3) is 5.91 Å². The van der Waals surface area contributed by atoms with Crippen molar-refractivity contribution in [1.29, 1.82) is 0 Å². The third kappa shape index (κ3) is 3.48. The molecule has 2 aromatic carbocycles. The van der Waals surface area contributed by atoms with Crippen LogP contribution in [0, 0.1) is 0 Å². The van der Waals surface area contributed by atoms with Crippen molar-refractivity contribution in [3.63, 3.8) is 0 Å². The van der Waals surface area contributed by atoms with Gasteiger partial charge in [0.05, 0.1) is 19.3 Å². The van der Waals surface area contributed by atoms with E-state index in [1.54, 1.807) is 0 Å². The van der Waals surface area contributed by atoms with Crippen molar-refractivity contribution < 1.29 is 14.3 Å². The average molecular weight is 380 g/mol. The van der Waals surface area contributed by atoms with Gasteiger partial charge in [0.2, 0.25) is 0 Å². The highest BCUT2D eigenvalue weighted by Gasteiger charge is 2.30. The van der Waals surface area contributed by atoms with Crippen LogP contribution in [0.1, 0.15) is 67.2 Å². The standard InChI is InChI=1S/C24H29NO3/c1-16-20-15-22-21(27-12-5-13-28-22)14-18(20)10-11-25(16)23(26)17-6-8-19(9-7-17)24(2,3)4/h6-9,14-16H,5,10-13H2,1-4H3/t16-/m1/s1. The first-order valence-electron chi connectivity index (χ1n) is 10.2. The molecule has 0 spiro atoms. The lowest BCUT2D eigenvalue weighted by atomic mass is 9.86. The topological polar surface area (TPSA) is 38.8 Å². The van der Waals surface area contributed by atoms with Crippen molar-refractivity contribution in [3.05, 3.63) is 58.7 Å². The zero-order valence-corrected chi connectivity index (χ0v) is 17.2. The number of carbonyl (C=O) groups is 1. The van der Waals surface area contributed by atoms with Crippen LogP contribution in [-0.4, -0.2) is 30.6 Å². The van der Waals surface area contributed by atoms with E-state index < -0.39 is 0 Å². The van der Waals surface area contributed by atoms with Crippen molar-refractivity contribution >= 4 is 5.91 Å². The van der Waals surface area contributed by atoms with Gasteiger partial charge < -0.3 is 14.4 Å². The van der Waals surface area contributed by atoms with Gasteiger partial charge in [-0.2, -0.15) is 0 Å². The summed E-state index contributed by atoms with van der Waals surface area (Å²) in [6.45, 7) is 10.7. The summed E-state index contributed by atoms with van der Waals surface area (Å²) in [4.78, 5) is 15.2. The molecule has 1 atom stereocenters. The highest BCUT2D eigenvalue weighted by molar-refractivity contribution is 5.94. The summed E-state index contributed by atoms with van der Waals surface area (Å²) in [6, 6.07) is 12.2. The number of hydrogen-bond acceptors (Lipinski definition) is 3. The summed E-state index contributed by atoms with van der Waals surface area (Å²) in [5.74, 6) is 1.72. The molecule has 2 heterocycles. The summed E-state index contributed by atoms with van der Waals surface area (Å²) in [7, 11) is 0. The van der Waals surface area contributed by atoms with E-state index >= 15 is 0 Å². The van der Waals surface area contributed by atoms with Gasteiger partial charge in [0.1, 0.15) is 0 Å². The first-order valence-corrected chi connectivity index (χ1v) is 10.2. The molecule has 0 fully saturated rings. The average Bonchev–Trinajstić information content (AvgIpc) is 2.91. The third-order valence-electron chi connectivity index (χ3n) is 5.81. The molecule has 0 unspecified atom stereocenters. The van der Waals surface area contributed by atoms with Crippen LogP contribution in [0.2, 0.25) is 0 Å². The van der Waals surface area contributed by atoms with Crippen molar-refractivity contribution in [3.8, 4) is 11.5 Å². The molecule has 0 aromatic heterocycles. The molecular formula is C24H29NO3. The minimum atomic E-state index is 0.00990. The first-order chi connectivity index (χ1) is 13.3. The molecule has 1 amide bonds. The van der Waals surface area contributed by atoms with Crippen LogP contribution in [0.25, 0.3) is 0 Å². The highest BCUT2D eigenvalue weighted by Crippen LogP contribution is 2.39. The highest BCUT2D eigenvalue weighted by atomic mass is 16.5. The Morgan fingerprint density at radius 1 is 1.04 bits per heavy atom. The van der Waals surface area contributed by atoms with Crippen LogP contribution in [0.4, 0.5) is 0 Å². The van der Waals surface area contributed by atoms with E-state index in [0.717, 1.165) is 35.5 Å². The lowest BCUT2D eigenvalue weighted by molar-refractivity contribution is 0.0677. The molecule has 2 aliphatic heterocycles. The van der Waals surface area contributed by atoms with Gasteiger partial charge in [-0.3, -0.25) is 4.79 Å². The summed E-state index contributed by atoms with van der Waals surface area (Å²) in [5.41, 5.74) is 4.48. The van der Waals surface area contributed by atoms with E-state index in [-0.39, 0.29) is 17.4 Å². The molecule has 0 saturated heterocycles.